The number of hydrogen-bond acceptors (Lipinski definition) is 4. The van der Waals surface area contributed by atoms with Gasteiger partial charge in [-0.25, -0.2) is 12.8 Å². The molecule has 0 radical (unpaired) electrons. The van der Waals surface area contributed by atoms with E-state index >= 15 is 0 Å². The first-order valence-corrected chi connectivity index (χ1v) is 14.6. The van der Waals surface area contributed by atoms with Gasteiger partial charge in [0.25, 0.3) is 0 Å². The number of carbonyl (C=O) groups excluding carboxylic acids is 2. The Morgan fingerprint density at radius 1 is 1.07 bits per heavy atom. The monoisotopic (exact) mass is 596 g/mol. The van der Waals surface area contributed by atoms with E-state index in [9.17, 15) is 35.6 Å². The van der Waals surface area contributed by atoms with E-state index in [1.54, 1.807) is 0 Å². The van der Waals surface area contributed by atoms with Gasteiger partial charge in [-0.15, -0.1) is 0 Å². The van der Waals surface area contributed by atoms with Gasteiger partial charge in [-0.3, -0.25) is 14.3 Å². The molecule has 0 spiro atoms. The number of para-hydroxylation sites is 1. The number of ketones is 1. The van der Waals surface area contributed by atoms with Crippen molar-refractivity contribution in [3.63, 3.8) is 0 Å². The van der Waals surface area contributed by atoms with E-state index in [0.717, 1.165) is 18.4 Å². The van der Waals surface area contributed by atoms with E-state index in [0.29, 0.717) is 12.8 Å². The Labute approximate surface area is 234 Å². The van der Waals surface area contributed by atoms with E-state index in [4.69, 9.17) is 11.6 Å². The van der Waals surface area contributed by atoms with Crippen molar-refractivity contribution in [2.24, 2.45) is 5.92 Å². The number of Topliss-reactive ketones (excluding diaryl/α,β-unsaturated/α-hetero) is 1. The number of sulfonamides is 1. The summed E-state index contributed by atoms with van der Waals surface area (Å²) >= 11 is 5.75. The number of benzene rings is 3. The summed E-state index contributed by atoms with van der Waals surface area (Å²) in [5, 5.41) is 0.186. The number of halogens is 5. The summed E-state index contributed by atoms with van der Waals surface area (Å²) in [5.41, 5.74) is -1.15. The van der Waals surface area contributed by atoms with E-state index in [2.05, 4.69) is 4.72 Å². The van der Waals surface area contributed by atoms with E-state index in [1.165, 1.54) is 53.4 Å². The standard InChI is InChI=1S/C28H25ClF4N2O4S/c1-40(38,39)34-26-7-3-2-6-23(26)22-11-10-20(16-24(22)28(31,32)33)35-12-4-5-18(27(35)37)14-21(36)13-17-8-9-19(29)15-25(17)30/h2-3,6-11,15-16,18,34H,4-5,12-14H2,1H3/t18-/m0/s1. The Morgan fingerprint density at radius 3 is 2.48 bits per heavy atom. The molecule has 6 nitrogen and oxygen atoms in total. The second kappa shape index (κ2) is 11.6. The van der Waals surface area contributed by atoms with E-state index in [1.807, 2.05) is 0 Å². The highest BCUT2D eigenvalue weighted by atomic mass is 35.5. The normalized spacial score (nSPS) is 16.2. The lowest BCUT2D eigenvalue weighted by Gasteiger charge is -2.33. The molecule has 0 aromatic heterocycles. The van der Waals surface area contributed by atoms with Gasteiger partial charge in [-0.05, 0) is 54.3 Å². The lowest BCUT2D eigenvalue weighted by molar-refractivity contribution is -0.137. The minimum absolute atomic E-state index is 0.00974. The van der Waals surface area contributed by atoms with Gasteiger partial charge < -0.3 is 4.90 Å². The summed E-state index contributed by atoms with van der Waals surface area (Å²) in [7, 11) is -3.77. The number of alkyl halides is 3. The average molecular weight is 597 g/mol. The lowest BCUT2D eigenvalue weighted by atomic mass is 9.89. The number of nitrogens with one attached hydrogen (secondary N) is 1. The third kappa shape index (κ3) is 7.00. The quantitative estimate of drug-likeness (QED) is 0.302. The van der Waals surface area contributed by atoms with Gasteiger partial charge in [0.2, 0.25) is 15.9 Å². The fourth-order valence-corrected chi connectivity index (χ4v) is 5.53. The van der Waals surface area contributed by atoms with Crippen LogP contribution in [0.25, 0.3) is 11.1 Å². The molecule has 1 aliphatic rings. The van der Waals surface area contributed by atoms with Crippen molar-refractivity contribution in [3.05, 3.63) is 82.6 Å². The Kier molecular flexibility index (Phi) is 8.55. The first-order valence-electron chi connectivity index (χ1n) is 12.3. The van der Waals surface area contributed by atoms with Crippen LogP contribution in [0.2, 0.25) is 5.02 Å². The van der Waals surface area contributed by atoms with Crippen molar-refractivity contribution in [1.29, 1.82) is 0 Å². The SMILES string of the molecule is CS(=O)(=O)Nc1ccccc1-c1ccc(N2CCC[C@@H](CC(=O)Cc3ccc(Cl)cc3F)C2=O)cc1C(F)(F)F. The third-order valence-electron chi connectivity index (χ3n) is 6.56. The lowest BCUT2D eigenvalue weighted by Crippen LogP contribution is -2.42. The Balaban J connectivity index is 1.60. The fourth-order valence-electron chi connectivity index (χ4n) is 4.80. The van der Waals surface area contributed by atoms with Crippen LogP contribution in [0.4, 0.5) is 28.9 Å². The number of piperidine rings is 1. The summed E-state index contributed by atoms with van der Waals surface area (Å²) in [5.74, 6) is -2.25. The number of carbonyl (C=O) groups is 2. The van der Waals surface area contributed by atoms with Crippen LogP contribution in [-0.2, 0) is 32.2 Å². The minimum atomic E-state index is -4.82. The number of rotatable bonds is 8. The third-order valence-corrected chi connectivity index (χ3v) is 7.38. The molecule has 1 heterocycles. The van der Waals surface area contributed by atoms with Gasteiger partial charge in [0.1, 0.15) is 11.6 Å². The van der Waals surface area contributed by atoms with Crippen molar-refractivity contribution in [3.8, 4) is 11.1 Å². The molecule has 1 atom stereocenters. The molecule has 3 aromatic rings. The average Bonchev–Trinajstić information content (AvgIpc) is 2.86. The highest BCUT2D eigenvalue weighted by molar-refractivity contribution is 7.92. The Bertz CT molecular complexity index is 1560. The topological polar surface area (TPSA) is 83.6 Å². The Morgan fingerprint density at radius 2 is 1.80 bits per heavy atom. The van der Waals surface area contributed by atoms with Crippen LogP contribution in [0.3, 0.4) is 0 Å². The molecule has 12 heteroatoms. The van der Waals surface area contributed by atoms with Crippen molar-refractivity contribution in [2.45, 2.75) is 31.9 Å². The predicted octanol–water partition coefficient (Wildman–Crippen LogP) is 6.48. The van der Waals surface area contributed by atoms with Crippen LogP contribution >= 0.6 is 11.6 Å². The number of nitrogens with zero attached hydrogens (tertiary/aromatic N) is 1. The molecule has 1 amide bonds. The number of amides is 1. The first-order chi connectivity index (χ1) is 18.7. The molecular weight excluding hydrogens is 572 g/mol. The highest BCUT2D eigenvalue weighted by Gasteiger charge is 2.37. The largest absolute Gasteiger partial charge is 0.417 e. The second-order valence-corrected chi connectivity index (χ2v) is 11.8. The molecule has 0 bridgehead atoms. The van der Waals surface area contributed by atoms with Crippen LogP contribution in [0.15, 0.2) is 60.7 Å². The summed E-state index contributed by atoms with van der Waals surface area (Å²) in [4.78, 5) is 27.2. The molecule has 1 aliphatic heterocycles. The zero-order valence-electron chi connectivity index (χ0n) is 21.3. The van der Waals surface area contributed by atoms with Gasteiger partial charge in [-0.1, -0.05) is 41.9 Å². The molecule has 4 rings (SSSR count). The van der Waals surface area contributed by atoms with Crippen LogP contribution in [0.1, 0.15) is 30.4 Å². The minimum Gasteiger partial charge on any atom is -0.312 e. The van der Waals surface area contributed by atoms with E-state index in [-0.39, 0.29) is 58.3 Å². The van der Waals surface area contributed by atoms with Crippen molar-refractivity contribution in [2.75, 3.05) is 22.4 Å². The Hall–Kier alpha value is -3.44. The second-order valence-electron chi connectivity index (χ2n) is 9.63. The molecule has 40 heavy (non-hydrogen) atoms. The van der Waals surface area contributed by atoms with Gasteiger partial charge in [0, 0.05) is 41.6 Å². The maximum absolute atomic E-state index is 14.2. The zero-order valence-corrected chi connectivity index (χ0v) is 22.8. The molecule has 1 saturated heterocycles. The number of anilines is 2. The molecule has 0 aliphatic carbocycles. The molecule has 0 saturated carbocycles. The summed E-state index contributed by atoms with van der Waals surface area (Å²) in [6.45, 7) is 0.165. The molecule has 1 N–H and O–H groups in total. The molecule has 3 aromatic carbocycles. The summed E-state index contributed by atoms with van der Waals surface area (Å²) < 4.78 is 82.6. The molecule has 212 valence electrons. The summed E-state index contributed by atoms with van der Waals surface area (Å²) in [6, 6.07) is 13.1. The predicted molar refractivity (Wildman–Crippen MR) is 145 cm³/mol. The van der Waals surface area contributed by atoms with Crippen LogP contribution in [-0.4, -0.2) is 32.9 Å². The van der Waals surface area contributed by atoms with Crippen LogP contribution < -0.4 is 9.62 Å². The highest BCUT2D eigenvalue weighted by Crippen LogP contribution is 2.42. The van der Waals surface area contributed by atoms with Gasteiger partial charge in [0.05, 0.1) is 17.5 Å². The van der Waals surface area contributed by atoms with Crippen molar-refractivity contribution < 1.29 is 35.6 Å². The molecule has 0 unspecified atom stereocenters. The van der Waals surface area contributed by atoms with E-state index < -0.39 is 39.4 Å². The zero-order chi connectivity index (χ0) is 29.2. The number of hydrogen-bond donors (Lipinski definition) is 1. The van der Waals surface area contributed by atoms with Gasteiger partial charge in [-0.2, -0.15) is 13.2 Å². The van der Waals surface area contributed by atoms with Gasteiger partial charge in [0.15, 0.2) is 0 Å². The van der Waals surface area contributed by atoms with Crippen LogP contribution in [0.5, 0.6) is 0 Å². The first kappa shape index (κ1) is 29.5. The smallest absolute Gasteiger partial charge is 0.312 e. The fraction of sp³-hybridized carbons (Fsp3) is 0.286. The molecular formula is C28H25ClF4N2O4S. The van der Waals surface area contributed by atoms with Crippen molar-refractivity contribution >= 4 is 44.7 Å². The summed E-state index contributed by atoms with van der Waals surface area (Å²) in [6.07, 6.45) is -3.50. The maximum atomic E-state index is 14.2. The molecule has 1 fully saturated rings. The maximum Gasteiger partial charge on any atom is 0.417 e. The van der Waals surface area contributed by atoms with Crippen molar-refractivity contribution in [1.82, 2.24) is 0 Å². The van der Waals surface area contributed by atoms with Crippen LogP contribution in [0, 0.1) is 11.7 Å². The van der Waals surface area contributed by atoms with Gasteiger partial charge >= 0.3 is 6.18 Å².